The van der Waals surface area contributed by atoms with Gasteiger partial charge in [0.1, 0.15) is 11.4 Å². The van der Waals surface area contributed by atoms with E-state index in [9.17, 15) is 5.11 Å². The van der Waals surface area contributed by atoms with Crippen LogP contribution in [0.2, 0.25) is 0 Å². The second kappa shape index (κ2) is 8.16. The molecule has 0 radical (unpaired) electrons. The van der Waals surface area contributed by atoms with Gasteiger partial charge in [-0.1, -0.05) is 36.4 Å². The van der Waals surface area contributed by atoms with Crippen molar-refractivity contribution in [3.8, 4) is 5.75 Å². The van der Waals surface area contributed by atoms with Crippen molar-refractivity contribution in [1.29, 1.82) is 0 Å². The molecule has 0 bridgehead atoms. The summed E-state index contributed by atoms with van der Waals surface area (Å²) in [6.45, 7) is 4.73. The van der Waals surface area contributed by atoms with Gasteiger partial charge in [0.05, 0.1) is 20.3 Å². The standard InChI is InChI=1S/C19H26O3/c1-3-16(10-6-12-19(14-20)15-22-19)7-4-8-17-9-5-11-18(13-17)21-2/h3,5,7,9,11,13,20H,1,4,6,8,10,12,14-15H2,2H3/b16-7+/t19-/m0/s1. The first-order valence-electron chi connectivity index (χ1n) is 7.90. The minimum absolute atomic E-state index is 0.135. The minimum atomic E-state index is -0.229. The monoisotopic (exact) mass is 302 g/mol. The van der Waals surface area contributed by atoms with Crippen LogP contribution < -0.4 is 4.74 Å². The fraction of sp³-hybridized carbons (Fsp3) is 0.474. The van der Waals surface area contributed by atoms with E-state index in [1.165, 1.54) is 11.1 Å². The van der Waals surface area contributed by atoms with E-state index in [4.69, 9.17) is 9.47 Å². The van der Waals surface area contributed by atoms with Gasteiger partial charge in [0.2, 0.25) is 0 Å². The van der Waals surface area contributed by atoms with Crippen LogP contribution in [-0.2, 0) is 11.2 Å². The fourth-order valence-corrected chi connectivity index (χ4v) is 2.57. The molecule has 1 aliphatic rings. The average Bonchev–Trinajstić information content (AvgIpc) is 3.34. The lowest BCUT2D eigenvalue weighted by Crippen LogP contribution is -2.16. The third-order valence-electron chi connectivity index (χ3n) is 4.17. The molecule has 1 N–H and O–H groups in total. The molecule has 0 amide bonds. The fourth-order valence-electron chi connectivity index (χ4n) is 2.57. The van der Waals surface area contributed by atoms with E-state index in [0.29, 0.717) is 6.61 Å². The van der Waals surface area contributed by atoms with Crippen LogP contribution in [0.15, 0.2) is 48.6 Å². The third kappa shape index (κ3) is 5.00. The lowest BCUT2D eigenvalue weighted by Gasteiger charge is -2.08. The molecule has 0 spiro atoms. The second-order valence-electron chi connectivity index (χ2n) is 5.86. The van der Waals surface area contributed by atoms with E-state index < -0.39 is 0 Å². The number of hydrogen-bond donors (Lipinski definition) is 1. The topological polar surface area (TPSA) is 42.0 Å². The van der Waals surface area contributed by atoms with Crippen LogP contribution in [0.25, 0.3) is 0 Å². The zero-order valence-electron chi connectivity index (χ0n) is 13.4. The molecule has 1 aliphatic heterocycles. The highest BCUT2D eigenvalue weighted by atomic mass is 16.6. The summed E-state index contributed by atoms with van der Waals surface area (Å²) in [6, 6.07) is 8.19. The zero-order valence-corrected chi connectivity index (χ0v) is 13.4. The SMILES string of the molecule is C=C/C(=C\CCc1cccc(OC)c1)CCC[C@]1(CO)CO1. The van der Waals surface area contributed by atoms with Crippen LogP contribution in [0.4, 0.5) is 0 Å². The van der Waals surface area contributed by atoms with Crippen LogP contribution in [0.1, 0.15) is 31.2 Å². The Kier molecular flexibility index (Phi) is 6.22. The number of benzene rings is 1. The maximum Gasteiger partial charge on any atom is 0.119 e. The summed E-state index contributed by atoms with van der Waals surface area (Å²) in [7, 11) is 1.69. The Hall–Kier alpha value is -1.58. The molecule has 1 aromatic rings. The summed E-state index contributed by atoms with van der Waals surface area (Å²) >= 11 is 0. The predicted molar refractivity (Wildman–Crippen MR) is 89.2 cm³/mol. The Morgan fingerprint density at radius 3 is 2.95 bits per heavy atom. The van der Waals surface area contributed by atoms with E-state index in [1.54, 1.807) is 7.11 Å². The number of rotatable bonds is 10. The molecular weight excluding hydrogens is 276 g/mol. The van der Waals surface area contributed by atoms with Gasteiger partial charge in [-0.3, -0.25) is 0 Å². The van der Waals surface area contributed by atoms with E-state index in [-0.39, 0.29) is 12.2 Å². The van der Waals surface area contributed by atoms with Crippen molar-refractivity contribution >= 4 is 0 Å². The molecule has 0 aromatic heterocycles. The number of allylic oxidation sites excluding steroid dienone is 3. The van der Waals surface area contributed by atoms with E-state index in [2.05, 4.69) is 24.8 Å². The number of aliphatic hydroxyl groups is 1. The summed E-state index contributed by atoms with van der Waals surface area (Å²) < 4.78 is 10.6. The van der Waals surface area contributed by atoms with E-state index in [1.807, 2.05) is 18.2 Å². The van der Waals surface area contributed by atoms with Crippen molar-refractivity contribution in [3.05, 3.63) is 54.1 Å². The Morgan fingerprint density at radius 1 is 1.50 bits per heavy atom. The van der Waals surface area contributed by atoms with Crippen LogP contribution in [-0.4, -0.2) is 31.0 Å². The number of epoxide rings is 1. The molecule has 3 heteroatoms. The van der Waals surface area contributed by atoms with Crippen molar-refractivity contribution in [2.45, 2.75) is 37.7 Å². The summed E-state index contributed by atoms with van der Waals surface area (Å²) in [6.07, 6.45) is 9.13. The number of aliphatic hydroxyl groups excluding tert-OH is 1. The molecule has 1 saturated heterocycles. The van der Waals surface area contributed by atoms with Crippen LogP contribution >= 0.6 is 0 Å². The number of ether oxygens (including phenoxy) is 2. The quantitative estimate of drug-likeness (QED) is 0.529. The van der Waals surface area contributed by atoms with Crippen molar-refractivity contribution < 1.29 is 14.6 Å². The summed E-state index contributed by atoms with van der Waals surface area (Å²) in [5.41, 5.74) is 2.33. The van der Waals surface area contributed by atoms with Gasteiger partial charge in [0, 0.05) is 0 Å². The smallest absolute Gasteiger partial charge is 0.119 e. The lowest BCUT2D eigenvalue weighted by molar-refractivity contribution is 0.162. The lowest BCUT2D eigenvalue weighted by atomic mass is 9.99. The minimum Gasteiger partial charge on any atom is -0.497 e. The molecule has 22 heavy (non-hydrogen) atoms. The van der Waals surface area contributed by atoms with Crippen molar-refractivity contribution in [2.75, 3.05) is 20.3 Å². The Morgan fingerprint density at radius 2 is 2.32 bits per heavy atom. The zero-order chi connectivity index (χ0) is 15.8. The molecule has 3 nitrogen and oxygen atoms in total. The molecule has 1 aromatic carbocycles. The molecule has 120 valence electrons. The molecule has 1 atom stereocenters. The highest BCUT2D eigenvalue weighted by molar-refractivity contribution is 5.29. The number of methoxy groups -OCH3 is 1. The van der Waals surface area contributed by atoms with E-state index >= 15 is 0 Å². The predicted octanol–water partition coefficient (Wildman–Crippen LogP) is 3.67. The largest absolute Gasteiger partial charge is 0.497 e. The van der Waals surface area contributed by atoms with Crippen LogP contribution in [0, 0.1) is 0 Å². The molecule has 2 rings (SSSR count). The van der Waals surface area contributed by atoms with Gasteiger partial charge in [0.15, 0.2) is 0 Å². The van der Waals surface area contributed by atoms with Gasteiger partial charge < -0.3 is 14.6 Å². The van der Waals surface area contributed by atoms with Crippen molar-refractivity contribution in [3.63, 3.8) is 0 Å². The first kappa shape index (κ1) is 16.8. The Balaban J connectivity index is 1.75. The molecular formula is C19H26O3. The highest BCUT2D eigenvalue weighted by Crippen LogP contribution is 2.32. The normalized spacial score (nSPS) is 20.7. The van der Waals surface area contributed by atoms with Crippen LogP contribution in [0.3, 0.4) is 0 Å². The first-order chi connectivity index (χ1) is 10.7. The average molecular weight is 302 g/mol. The highest BCUT2D eigenvalue weighted by Gasteiger charge is 2.43. The van der Waals surface area contributed by atoms with Crippen molar-refractivity contribution in [1.82, 2.24) is 0 Å². The molecule has 1 fully saturated rings. The number of hydrogen-bond acceptors (Lipinski definition) is 3. The third-order valence-corrected chi connectivity index (χ3v) is 4.17. The van der Waals surface area contributed by atoms with Gasteiger partial charge >= 0.3 is 0 Å². The molecule has 0 saturated carbocycles. The van der Waals surface area contributed by atoms with Crippen molar-refractivity contribution in [2.24, 2.45) is 0 Å². The maximum absolute atomic E-state index is 9.22. The van der Waals surface area contributed by atoms with Gasteiger partial charge in [0.25, 0.3) is 0 Å². The Labute approximate surface area is 133 Å². The van der Waals surface area contributed by atoms with Gasteiger partial charge in [-0.15, -0.1) is 0 Å². The second-order valence-corrected chi connectivity index (χ2v) is 5.86. The molecule has 0 unspecified atom stereocenters. The first-order valence-corrected chi connectivity index (χ1v) is 7.90. The van der Waals surface area contributed by atoms with E-state index in [0.717, 1.165) is 37.9 Å². The summed E-state index contributed by atoms with van der Waals surface area (Å²) in [5.74, 6) is 0.907. The maximum atomic E-state index is 9.22. The van der Waals surface area contributed by atoms with Gasteiger partial charge in [-0.2, -0.15) is 0 Å². The summed E-state index contributed by atoms with van der Waals surface area (Å²) in [5, 5.41) is 9.22. The summed E-state index contributed by atoms with van der Waals surface area (Å²) in [4.78, 5) is 0. The Bertz CT molecular complexity index is 515. The van der Waals surface area contributed by atoms with Crippen LogP contribution in [0.5, 0.6) is 5.75 Å². The molecule has 1 heterocycles. The number of aryl methyl sites for hydroxylation is 1. The molecule has 0 aliphatic carbocycles. The van der Waals surface area contributed by atoms with Gasteiger partial charge in [-0.25, -0.2) is 0 Å². The van der Waals surface area contributed by atoms with Gasteiger partial charge in [-0.05, 0) is 49.8 Å².